The van der Waals surface area contributed by atoms with Crippen LogP contribution in [0, 0.1) is 10.4 Å². The van der Waals surface area contributed by atoms with Crippen molar-refractivity contribution in [3.05, 3.63) is 10.4 Å². The first kappa shape index (κ1) is 9.85. The van der Waals surface area contributed by atoms with Crippen molar-refractivity contribution in [2.75, 3.05) is 6.54 Å². The highest BCUT2D eigenvalue weighted by atomic mass is 35.5. The quantitative estimate of drug-likeness (QED) is 0.234. The zero-order chi connectivity index (χ0) is 10.1. The molecule has 7 nitrogen and oxygen atoms in total. The van der Waals surface area contributed by atoms with Gasteiger partial charge in [-0.1, -0.05) is 11.6 Å². The molecule has 0 aromatic rings. The zero-order valence-corrected chi connectivity index (χ0v) is 7.27. The molecule has 8 heteroatoms. The van der Waals surface area contributed by atoms with Crippen LogP contribution in [0.5, 0.6) is 0 Å². The third-order valence-corrected chi connectivity index (χ3v) is 2.44. The second-order valence-electron chi connectivity index (χ2n) is 2.63. The summed E-state index contributed by atoms with van der Waals surface area (Å²) in [6, 6.07) is 0. The highest BCUT2D eigenvalue weighted by Gasteiger charge is 2.51. The normalized spacial score (nSPS) is 29.3. The molecular formula is C5H7ClN3O4-. The molecule has 0 aromatic heterocycles. The first-order valence-corrected chi connectivity index (χ1v) is 3.90. The van der Waals surface area contributed by atoms with Gasteiger partial charge in [0.2, 0.25) is 0 Å². The highest BCUT2D eigenvalue weighted by Crippen LogP contribution is 2.33. The minimum absolute atomic E-state index is 0.109. The summed E-state index contributed by atoms with van der Waals surface area (Å²) in [4.78, 5) is 8.52. The Hall–Kier alpha value is -1.24. The number of alkyl halides is 1. The Labute approximate surface area is 78.3 Å². The Balaban J connectivity index is 2.92. The summed E-state index contributed by atoms with van der Waals surface area (Å²) >= 11 is 5.63. The lowest BCUT2D eigenvalue weighted by atomic mass is 10.2. The van der Waals surface area contributed by atoms with Crippen molar-refractivity contribution in [1.82, 2.24) is 5.01 Å². The van der Waals surface area contributed by atoms with E-state index in [0.29, 0.717) is 11.4 Å². The fraction of sp³-hybridized carbons (Fsp3) is 0.800. The van der Waals surface area contributed by atoms with Crippen molar-refractivity contribution < 1.29 is 14.9 Å². The van der Waals surface area contributed by atoms with Crippen LogP contribution < -0.4 is 0 Å². The largest absolute Gasteiger partial charge is 0.737 e. The van der Waals surface area contributed by atoms with Crippen LogP contribution in [0.2, 0.25) is 0 Å². The Morgan fingerprint density at radius 2 is 2.38 bits per heavy atom. The predicted octanol–water partition coefficient (Wildman–Crippen LogP) is 0.477. The molecule has 0 aliphatic carbocycles. The van der Waals surface area contributed by atoms with Gasteiger partial charge in [-0.3, -0.25) is 0 Å². The summed E-state index contributed by atoms with van der Waals surface area (Å²) in [5.41, 5.74) is 0. The molecular weight excluding hydrogens is 202 g/mol. The Bertz CT molecular complexity index is 258. The zero-order valence-electron chi connectivity index (χ0n) is 6.51. The maximum Gasteiger partial charge on any atom is 0.351 e. The van der Waals surface area contributed by atoms with Crippen LogP contribution in [-0.4, -0.2) is 32.6 Å². The van der Waals surface area contributed by atoms with Gasteiger partial charge in [-0.15, -0.1) is 5.01 Å². The molecule has 0 aromatic carbocycles. The van der Waals surface area contributed by atoms with E-state index >= 15 is 0 Å². The minimum Gasteiger partial charge on any atom is -0.737 e. The van der Waals surface area contributed by atoms with Gasteiger partial charge in [-0.2, -0.15) is 0 Å². The van der Waals surface area contributed by atoms with E-state index < -0.39 is 11.0 Å². The van der Waals surface area contributed by atoms with Gasteiger partial charge < -0.3 is 15.5 Å². The number of carbonyl (C=O) groups is 1. The summed E-state index contributed by atoms with van der Waals surface area (Å²) in [7, 11) is 0. The molecule has 1 unspecified atom stereocenters. The first-order chi connectivity index (χ1) is 6.02. The van der Waals surface area contributed by atoms with Crippen LogP contribution in [0.1, 0.15) is 12.8 Å². The van der Waals surface area contributed by atoms with E-state index in [1.807, 2.05) is 0 Å². The van der Waals surface area contributed by atoms with E-state index in [4.69, 9.17) is 16.7 Å². The standard InChI is InChI=1S/C5H8ClN3O4/c6-5(4(10)11)2-1-3-8(5)9(13)7-12/h12H,1-3H2,(H,10,11)/p-1/b9-7-. The second-order valence-corrected chi connectivity index (χ2v) is 3.25. The number of rotatable bonds is 2. The number of carboxylic acid groups (broad SMARTS) is 1. The molecule has 1 N–H and O–H groups in total. The maximum absolute atomic E-state index is 10.7. The second kappa shape index (κ2) is 3.25. The molecule has 1 aliphatic heterocycles. The molecule has 1 atom stereocenters. The number of hydrazine groups is 1. The summed E-state index contributed by atoms with van der Waals surface area (Å²) in [5.74, 6) is -1.35. The first-order valence-electron chi connectivity index (χ1n) is 3.53. The van der Waals surface area contributed by atoms with Crippen LogP contribution in [0.4, 0.5) is 0 Å². The molecule has 1 fully saturated rings. The Morgan fingerprint density at radius 3 is 2.85 bits per heavy atom. The molecule has 1 heterocycles. The van der Waals surface area contributed by atoms with Crippen LogP contribution in [0.15, 0.2) is 5.28 Å². The lowest BCUT2D eigenvalue weighted by Crippen LogP contribution is -2.48. The van der Waals surface area contributed by atoms with Crippen molar-refractivity contribution in [3.63, 3.8) is 0 Å². The molecule has 1 aliphatic rings. The SMILES string of the molecule is O=C(O)C1(Cl)CCCN1/[N+]([O-])=N/[O-]. The number of hydrogen-bond acceptors (Lipinski definition) is 4. The fourth-order valence-electron chi connectivity index (χ4n) is 1.25. The van der Waals surface area contributed by atoms with E-state index in [9.17, 15) is 15.2 Å². The minimum atomic E-state index is -1.82. The van der Waals surface area contributed by atoms with Crippen molar-refractivity contribution in [2.24, 2.45) is 5.28 Å². The third kappa shape index (κ3) is 1.46. The molecule has 1 saturated heterocycles. The van der Waals surface area contributed by atoms with Crippen LogP contribution in [-0.2, 0) is 4.79 Å². The van der Waals surface area contributed by atoms with Gasteiger partial charge in [0.15, 0.2) is 0 Å². The Morgan fingerprint density at radius 1 is 1.77 bits per heavy atom. The number of nitrogens with zero attached hydrogens (tertiary/aromatic N) is 3. The van der Waals surface area contributed by atoms with E-state index in [1.165, 1.54) is 0 Å². The number of aliphatic carboxylic acids is 1. The highest BCUT2D eigenvalue weighted by molar-refractivity contribution is 6.33. The number of halogens is 1. The lowest BCUT2D eigenvalue weighted by Gasteiger charge is -2.24. The lowest BCUT2D eigenvalue weighted by molar-refractivity contribution is -0.695. The van der Waals surface area contributed by atoms with E-state index in [-0.39, 0.29) is 17.9 Å². The molecule has 0 saturated carbocycles. The average Bonchev–Trinajstić information content (AvgIpc) is 2.47. The van der Waals surface area contributed by atoms with Crippen molar-refractivity contribution in [3.8, 4) is 0 Å². The molecule has 1 rings (SSSR count). The topological polar surface area (TPSA) is 102 Å². The predicted molar refractivity (Wildman–Crippen MR) is 41.6 cm³/mol. The van der Waals surface area contributed by atoms with Crippen molar-refractivity contribution >= 4 is 17.6 Å². The molecule has 0 spiro atoms. The smallest absolute Gasteiger partial charge is 0.351 e. The maximum atomic E-state index is 10.7. The number of carboxylic acids is 1. The average molecular weight is 209 g/mol. The van der Waals surface area contributed by atoms with Crippen molar-refractivity contribution in [2.45, 2.75) is 17.8 Å². The summed E-state index contributed by atoms with van der Waals surface area (Å²) < 4.78 is 0. The van der Waals surface area contributed by atoms with Gasteiger partial charge in [-0.05, 0) is 11.7 Å². The summed E-state index contributed by atoms with van der Waals surface area (Å²) in [6.07, 6.45) is 0.544. The molecule has 0 radical (unpaired) electrons. The monoisotopic (exact) mass is 208 g/mol. The molecule has 74 valence electrons. The Kier molecular flexibility index (Phi) is 2.46. The van der Waals surface area contributed by atoms with Crippen molar-refractivity contribution in [1.29, 1.82) is 0 Å². The van der Waals surface area contributed by atoms with Gasteiger partial charge in [0.05, 0.1) is 6.54 Å². The van der Waals surface area contributed by atoms with E-state index in [1.54, 1.807) is 0 Å². The van der Waals surface area contributed by atoms with Gasteiger partial charge in [-0.25, -0.2) is 4.79 Å². The van der Waals surface area contributed by atoms with Crippen LogP contribution >= 0.6 is 11.6 Å². The van der Waals surface area contributed by atoms with Gasteiger partial charge in [0.25, 0.3) is 5.00 Å². The summed E-state index contributed by atoms with van der Waals surface area (Å²) in [5, 5.41) is 32.1. The van der Waals surface area contributed by atoms with Crippen LogP contribution in [0.25, 0.3) is 0 Å². The summed E-state index contributed by atoms with van der Waals surface area (Å²) in [6.45, 7) is 0.116. The third-order valence-electron chi connectivity index (χ3n) is 1.89. The van der Waals surface area contributed by atoms with Gasteiger partial charge in [0.1, 0.15) is 0 Å². The molecule has 13 heavy (non-hydrogen) atoms. The van der Waals surface area contributed by atoms with Gasteiger partial charge in [0, 0.05) is 11.4 Å². The molecule has 0 bridgehead atoms. The van der Waals surface area contributed by atoms with E-state index in [0.717, 1.165) is 0 Å². The van der Waals surface area contributed by atoms with Gasteiger partial charge >= 0.3 is 5.97 Å². The number of hydrogen-bond donors (Lipinski definition) is 1. The molecule has 0 amide bonds. The van der Waals surface area contributed by atoms with E-state index in [2.05, 4.69) is 5.28 Å². The van der Waals surface area contributed by atoms with Crippen LogP contribution in [0.3, 0.4) is 0 Å². The fourth-order valence-corrected chi connectivity index (χ4v) is 1.53.